The van der Waals surface area contributed by atoms with Crippen LogP contribution in [0.1, 0.15) is 39.5 Å². The van der Waals surface area contributed by atoms with Crippen LogP contribution in [0, 0.1) is 11.8 Å². The monoisotopic (exact) mass is 489 g/mol. The number of likely N-dealkylation sites (N-methyl/N-ethyl adjacent to an activating group) is 1. The highest BCUT2D eigenvalue weighted by molar-refractivity contribution is 5.75. The van der Waals surface area contributed by atoms with Crippen LogP contribution in [-0.2, 0) is 0 Å². The first-order chi connectivity index (χ1) is 16.7. The van der Waals surface area contributed by atoms with E-state index < -0.39 is 12.0 Å². The third kappa shape index (κ3) is 5.01. The number of nitrogens with zero attached hydrogens (tertiary/aromatic N) is 4. The number of hydrogen-bond acceptors (Lipinski definition) is 4. The van der Waals surface area contributed by atoms with E-state index in [2.05, 4.69) is 46.0 Å². The van der Waals surface area contributed by atoms with Crippen molar-refractivity contribution in [1.29, 1.82) is 0 Å². The molecule has 0 spiro atoms. The van der Waals surface area contributed by atoms with Gasteiger partial charge in [0.25, 0.3) is 5.92 Å². The van der Waals surface area contributed by atoms with Gasteiger partial charge in [-0.2, -0.15) is 0 Å². The summed E-state index contributed by atoms with van der Waals surface area (Å²) >= 11 is 0. The van der Waals surface area contributed by atoms with Crippen LogP contribution in [0.3, 0.4) is 0 Å². The molecule has 5 atom stereocenters. The van der Waals surface area contributed by atoms with Gasteiger partial charge >= 0.3 is 6.03 Å². The lowest BCUT2D eigenvalue weighted by molar-refractivity contribution is -0.0931. The number of carbonyl (C=O) groups excluding carboxylic acids is 1. The Morgan fingerprint density at radius 3 is 2.37 bits per heavy atom. The topological polar surface area (TPSA) is 42.1 Å². The van der Waals surface area contributed by atoms with Crippen molar-refractivity contribution < 1.29 is 13.6 Å². The van der Waals surface area contributed by atoms with E-state index >= 15 is 8.78 Å². The van der Waals surface area contributed by atoms with Crippen LogP contribution in [0.5, 0.6) is 0 Å². The summed E-state index contributed by atoms with van der Waals surface area (Å²) in [5.74, 6) is -2.10. The predicted octanol–water partition coefficient (Wildman–Crippen LogP) is 3.74. The molecule has 0 aromatic heterocycles. The molecule has 6 nitrogen and oxygen atoms in total. The largest absolute Gasteiger partial charge is 0.371 e. The molecule has 1 N–H and O–H groups in total. The van der Waals surface area contributed by atoms with Crippen molar-refractivity contribution in [3.8, 4) is 0 Å². The number of benzene rings is 1. The van der Waals surface area contributed by atoms with Gasteiger partial charge in [0.15, 0.2) is 0 Å². The summed E-state index contributed by atoms with van der Waals surface area (Å²) < 4.78 is 30.4. The molecular formula is C27H41F2N5O. The lowest BCUT2D eigenvalue weighted by Crippen LogP contribution is -2.64. The molecule has 0 bridgehead atoms. The molecular weight excluding hydrogens is 448 g/mol. The molecule has 1 saturated carbocycles. The van der Waals surface area contributed by atoms with Crippen LogP contribution in [0.2, 0.25) is 0 Å². The number of anilines is 1. The van der Waals surface area contributed by atoms with E-state index in [1.807, 2.05) is 25.2 Å². The Balaban J connectivity index is 1.21. The van der Waals surface area contributed by atoms with Crippen molar-refractivity contribution in [2.24, 2.45) is 11.8 Å². The molecule has 1 aromatic carbocycles. The quantitative estimate of drug-likeness (QED) is 0.685. The number of carbonyl (C=O) groups is 1. The lowest BCUT2D eigenvalue weighted by atomic mass is 9.85. The Bertz CT molecular complexity index is 870. The van der Waals surface area contributed by atoms with Gasteiger partial charge in [-0.15, -0.1) is 0 Å². The van der Waals surface area contributed by atoms with Gasteiger partial charge in [-0.1, -0.05) is 18.2 Å². The number of urea groups is 1. The molecule has 1 aliphatic carbocycles. The lowest BCUT2D eigenvalue weighted by Gasteiger charge is -2.45. The Kier molecular flexibility index (Phi) is 6.96. The van der Waals surface area contributed by atoms with E-state index in [4.69, 9.17) is 0 Å². The first-order valence-corrected chi connectivity index (χ1v) is 13.4. The van der Waals surface area contributed by atoms with Crippen molar-refractivity contribution in [1.82, 2.24) is 20.0 Å². The number of alkyl halides is 2. The zero-order chi connectivity index (χ0) is 24.7. The maximum atomic E-state index is 15.2. The van der Waals surface area contributed by atoms with Crippen LogP contribution in [0.25, 0.3) is 0 Å². The Morgan fingerprint density at radius 2 is 1.74 bits per heavy atom. The minimum Gasteiger partial charge on any atom is -0.371 e. The summed E-state index contributed by atoms with van der Waals surface area (Å²) in [4.78, 5) is 22.0. The Morgan fingerprint density at radius 1 is 1.06 bits per heavy atom. The number of amides is 2. The molecule has 0 radical (unpaired) electrons. The van der Waals surface area contributed by atoms with Crippen molar-refractivity contribution in [2.45, 2.75) is 69.6 Å². The maximum absolute atomic E-state index is 15.2. The zero-order valence-corrected chi connectivity index (χ0v) is 21.4. The fourth-order valence-corrected chi connectivity index (χ4v) is 6.86. The highest BCUT2D eigenvalue weighted by Crippen LogP contribution is 2.38. The number of rotatable bonds is 5. The maximum Gasteiger partial charge on any atom is 0.317 e. The number of halogens is 2. The van der Waals surface area contributed by atoms with E-state index in [0.29, 0.717) is 43.8 Å². The fourth-order valence-electron chi connectivity index (χ4n) is 6.86. The van der Waals surface area contributed by atoms with Gasteiger partial charge in [0, 0.05) is 81.3 Å². The molecule has 0 unspecified atom stereocenters. The Labute approximate surface area is 208 Å². The van der Waals surface area contributed by atoms with Crippen molar-refractivity contribution in [3.05, 3.63) is 30.3 Å². The highest BCUT2D eigenvalue weighted by Gasteiger charge is 2.51. The second kappa shape index (κ2) is 9.85. The van der Waals surface area contributed by atoms with Crippen molar-refractivity contribution in [2.75, 3.05) is 51.2 Å². The zero-order valence-electron chi connectivity index (χ0n) is 21.4. The molecule has 8 heteroatoms. The van der Waals surface area contributed by atoms with Crippen LogP contribution in [0.15, 0.2) is 30.3 Å². The fraction of sp³-hybridized carbons (Fsp3) is 0.741. The molecule has 35 heavy (non-hydrogen) atoms. The highest BCUT2D eigenvalue weighted by atomic mass is 19.3. The Hall–Kier alpha value is -1.93. The number of para-hydroxylation sites is 1. The molecule has 194 valence electrons. The van der Waals surface area contributed by atoms with Crippen LogP contribution in [-0.4, -0.2) is 97.1 Å². The van der Waals surface area contributed by atoms with Crippen LogP contribution >= 0.6 is 0 Å². The van der Waals surface area contributed by atoms with Crippen LogP contribution in [0.4, 0.5) is 19.3 Å². The van der Waals surface area contributed by atoms with Gasteiger partial charge in [-0.3, -0.25) is 9.80 Å². The van der Waals surface area contributed by atoms with Crippen molar-refractivity contribution >= 4 is 11.7 Å². The van der Waals surface area contributed by atoms with Gasteiger partial charge < -0.3 is 15.1 Å². The average Bonchev–Trinajstić information content (AvgIpc) is 3.55. The van der Waals surface area contributed by atoms with E-state index in [-0.39, 0.29) is 24.5 Å². The summed E-state index contributed by atoms with van der Waals surface area (Å²) in [5.41, 5.74) is 1.22. The van der Waals surface area contributed by atoms with E-state index in [9.17, 15) is 4.79 Å². The van der Waals surface area contributed by atoms with Gasteiger partial charge in [0.05, 0.1) is 0 Å². The third-order valence-electron chi connectivity index (χ3n) is 9.05. The standard InChI is InChI=1S/C27H41F2N5O/c1-19(2)32-13-11-23(18-32)31(3)24-10-7-12-27(28,29)25(24)30-26(35)34-16-20-14-33(15-21(20)17-34)22-8-5-4-6-9-22/h4-6,8-9,19-21,23-25H,7,10-18H2,1-3H3,(H,30,35)/t20-,21+,23-,24-,25+/m0/s1. The summed E-state index contributed by atoms with van der Waals surface area (Å²) in [6.45, 7) is 9.40. The molecule has 3 heterocycles. The summed E-state index contributed by atoms with van der Waals surface area (Å²) in [7, 11) is 1.98. The molecule has 4 fully saturated rings. The van der Waals surface area contributed by atoms with E-state index in [1.54, 1.807) is 4.90 Å². The van der Waals surface area contributed by atoms with Gasteiger partial charge in [0.2, 0.25) is 0 Å². The van der Waals surface area contributed by atoms with Gasteiger partial charge in [-0.05, 0) is 52.3 Å². The summed E-state index contributed by atoms with van der Waals surface area (Å²) in [5, 5.41) is 2.84. The molecule has 4 aliphatic rings. The smallest absolute Gasteiger partial charge is 0.317 e. The predicted molar refractivity (Wildman–Crippen MR) is 135 cm³/mol. The molecule has 3 aliphatic heterocycles. The summed E-state index contributed by atoms with van der Waals surface area (Å²) in [6.07, 6.45) is 2.04. The molecule has 5 rings (SSSR count). The first-order valence-electron chi connectivity index (χ1n) is 13.4. The minimum atomic E-state index is -2.89. The SMILES string of the molecule is CC(C)N1CC[C@H](N(C)[C@H]2CCCC(F)(F)[C@@H]2NC(=O)N2C[C@@H]3CN(c4ccccc4)C[C@@H]3C2)C1. The number of fused-ring (bicyclic) bond motifs is 1. The molecule has 3 saturated heterocycles. The number of likely N-dealkylation sites (tertiary alicyclic amines) is 2. The molecule has 2 amide bonds. The van der Waals surface area contributed by atoms with E-state index in [1.165, 1.54) is 5.69 Å². The van der Waals surface area contributed by atoms with Crippen LogP contribution < -0.4 is 10.2 Å². The van der Waals surface area contributed by atoms with Gasteiger partial charge in [0.1, 0.15) is 6.04 Å². The molecule has 1 aromatic rings. The number of nitrogens with one attached hydrogen (secondary N) is 1. The normalized spacial score (nSPS) is 33.1. The second-order valence-electron chi connectivity index (χ2n) is 11.5. The van der Waals surface area contributed by atoms with E-state index in [0.717, 1.165) is 32.6 Å². The summed E-state index contributed by atoms with van der Waals surface area (Å²) in [6, 6.07) is 9.29. The van der Waals surface area contributed by atoms with Crippen molar-refractivity contribution in [3.63, 3.8) is 0 Å². The third-order valence-corrected chi connectivity index (χ3v) is 9.05. The van der Waals surface area contributed by atoms with Gasteiger partial charge in [-0.25, -0.2) is 13.6 Å². The number of hydrogen-bond donors (Lipinski definition) is 1. The second-order valence-corrected chi connectivity index (χ2v) is 11.5. The average molecular weight is 490 g/mol. The minimum absolute atomic E-state index is 0.150. The first kappa shape index (κ1) is 24.8.